The van der Waals surface area contributed by atoms with E-state index >= 15 is 0 Å². The maximum absolute atomic E-state index is 5.71. The lowest BCUT2D eigenvalue weighted by Gasteiger charge is -2.25. The molecular formula is C14H22N2O. The van der Waals surface area contributed by atoms with Crippen molar-refractivity contribution in [2.45, 2.75) is 38.8 Å². The van der Waals surface area contributed by atoms with E-state index in [-0.39, 0.29) is 12.1 Å². The van der Waals surface area contributed by atoms with Crippen molar-refractivity contribution in [1.29, 1.82) is 0 Å². The molecule has 0 aromatic heterocycles. The van der Waals surface area contributed by atoms with Gasteiger partial charge in [0.25, 0.3) is 0 Å². The molecule has 3 atom stereocenters. The van der Waals surface area contributed by atoms with Gasteiger partial charge in [-0.15, -0.1) is 0 Å². The van der Waals surface area contributed by atoms with Crippen LogP contribution in [-0.2, 0) is 11.2 Å². The molecule has 1 aliphatic rings. The SMILES string of the molecule is CCc1ccc(C(NN)C2CCOC2C)cc1. The zero-order chi connectivity index (χ0) is 12.3. The lowest BCUT2D eigenvalue weighted by atomic mass is 9.88. The molecule has 0 spiro atoms. The van der Waals surface area contributed by atoms with E-state index in [1.54, 1.807) is 0 Å². The molecule has 1 fully saturated rings. The van der Waals surface area contributed by atoms with Crippen molar-refractivity contribution in [2.24, 2.45) is 11.8 Å². The Morgan fingerprint density at radius 1 is 1.41 bits per heavy atom. The van der Waals surface area contributed by atoms with E-state index in [2.05, 4.69) is 43.5 Å². The number of aryl methyl sites for hydroxylation is 1. The van der Waals surface area contributed by atoms with Crippen molar-refractivity contribution in [3.05, 3.63) is 35.4 Å². The molecule has 1 aliphatic heterocycles. The number of ether oxygens (including phenoxy) is 1. The van der Waals surface area contributed by atoms with Crippen LogP contribution in [0.4, 0.5) is 0 Å². The highest BCUT2D eigenvalue weighted by atomic mass is 16.5. The molecule has 1 saturated heterocycles. The number of nitrogens with two attached hydrogens (primary N) is 1. The quantitative estimate of drug-likeness (QED) is 0.620. The number of nitrogens with one attached hydrogen (secondary N) is 1. The van der Waals surface area contributed by atoms with Gasteiger partial charge in [0.15, 0.2) is 0 Å². The van der Waals surface area contributed by atoms with Gasteiger partial charge in [-0.25, -0.2) is 0 Å². The summed E-state index contributed by atoms with van der Waals surface area (Å²) in [6, 6.07) is 8.90. The van der Waals surface area contributed by atoms with Crippen LogP contribution >= 0.6 is 0 Å². The molecule has 0 amide bonds. The number of hydrazine groups is 1. The number of hydrogen-bond acceptors (Lipinski definition) is 3. The summed E-state index contributed by atoms with van der Waals surface area (Å²) >= 11 is 0. The van der Waals surface area contributed by atoms with E-state index in [0.29, 0.717) is 5.92 Å². The van der Waals surface area contributed by atoms with E-state index < -0.39 is 0 Å². The average Bonchev–Trinajstić information content (AvgIpc) is 2.78. The molecule has 0 radical (unpaired) electrons. The van der Waals surface area contributed by atoms with E-state index in [9.17, 15) is 0 Å². The molecule has 3 unspecified atom stereocenters. The minimum absolute atomic E-state index is 0.193. The van der Waals surface area contributed by atoms with Crippen LogP contribution < -0.4 is 11.3 Å². The van der Waals surface area contributed by atoms with E-state index in [4.69, 9.17) is 10.6 Å². The van der Waals surface area contributed by atoms with Crippen LogP contribution in [-0.4, -0.2) is 12.7 Å². The van der Waals surface area contributed by atoms with Crippen molar-refractivity contribution in [2.75, 3.05) is 6.61 Å². The molecule has 2 rings (SSSR count). The monoisotopic (exact) mass is 234 g/mol. The number of hydrogen-bond donors (Lipinski definition) is 2. The first-order chi connectivity index (χ1) is 8.26. The normalized spacial score (nSPS) is 26.1. The van der Waals surface area contributed by atoms with Gasteiger partial charge >= 0.3 is 0 Å². The van der Waals surface area contributed by atoms with Crippen molar-refractivity contribution in [3.63, 3.8) is 0 Å². The summed E-state index contributed by atoms with van der Waals surface area (Å²) in [4.78, 5) is 0. The molecule has 3 nitrogen and oxygen atoms in total. The lowest BCUT2D eigenvalue weighted by molar-refractivity contribution is 0.0954. The van der Waals surface area contributed by atoms with Gasteiger partial charge in [0.1, 0.15) is 0 Å². The smallest absolute Gasteiger partial charge is 0.0594 e. The molecule has 94 valence electrons. The average molecular weight is 234 g/mol. The highest BCUT2D eigenvalue weighted by Gasteiger charge is 2.32. The summed E-state index contributed by atoms with van der Waals surface area (Å²) in [5.74, 6) is 6.18. The van der Waals surface area contributed by atoms with Crippen LogP contribution in [0.2, 0.25) is 0 Å². The molecule has 0 aliphatic carbocycles. The Kier molecular flexibility index (Phi) is 4.15. The third kappa shape index (κ3) is 2.68. The zero-order valence-electron chi connectivity index (χ0n) is 10.6. The largest absolute Gasteiger partial charge is 0.378 e. The number of rotatable bonds is 4. The summed E-state index contributed by atoms with van der Waals surface area (Å²) in [7, 11) is 0. The highest BCUT2D eigenvalue weighted by Crippen LogP contribution is 2.32. The minimum Gasteiger partial charge on any atom is -0.378 e. The third-order valence-corrected chi connectivity index (χ3v) is 3.79. The molecular weight excluding hydrogens is 212 g/mol. The molecule has 0 saturated carbocycles. The molecule has 0 bridgehead atoms. The molecule has 1 heterocycles. The van der Waals surface area contributed by atoms with Gasteiger partial charge in [-0.2, -0.15) is 0 Å². The summed E-state index contributed by atoms with van der Waals surface area (Å²) in [5, 5.41) is 0. The Bertz CT molecular complexity index is 350. The van der Waals surface area contributed by atoms with Gasteiger partial charge in [-0.05, 0) is 30.9 Å². The summed E-state index contributed by atoms with van der Waals surface area (Å²) < 4.78 is 5.62. The zero-order valence-corrected chi connectivity index (χ0v) is 10.6. The lowest BCUT2D eigenvalue weighted by Crippen LogP contribution is -2.36. The van der Waals surface area contributed by atoms with E-state index in [0.717, 1.165) is 19.4 Å². The maximum atomic E-state index is 5.71. The van der Waals surface area contributed by atoms with Crippen LogP contribution in [0.25, 0.3) is 0 Å². The first-order valence-corrected chi connectivity index (χ1v) is 6.42. The fourth-order valence-electron chi connectivity index (χ4n) is 2.61. The summed E-state index contributed by atoms with van der Waals surface area (Å²) in [6.07, 6.45) is 2.43. The second-order valence-electron chi connectivity index (χ2n) is 4.77. The van der Waals surface area contributed by atoms with Crippen molar-refractivity contribution < 1.29 is 4.74 Å². The Morgan fingerprint density at radius 3 is 2.59 bits per heavy atom. The van der Waals surface area contributed by atoms with Crippen molar-refractivity contribution in [3.8, 4) is 0 Å². The molecule has 17 heavy (non-hydrogen) atoms. The highest BCUT2D eigenvalue weighted by molar-refractivity contribution is 5.25. The van der Waals surface area contributed by atoms with Crippen LogP contribution in [0.3, 0.4) is 0 Å². The van der Waals surface area contributed by atoms with E-state index in [1.165, 1.54) is 11.1 Å². The Labute approximate surface area is 103 Å². The number of benzene rings is 1. The fraction of sp³-hybridized carbons (Fsp3) is 0.571. The van der Waals surface area contributed by atoms with Gasteiger partial charge in [-0.1, -0.05) is 31.2 Å². The van der Waals surface area contributed by atoms with E-state index in [1.807, 2.05) is 0 Å². The van der Waals surface area contributed by atoms with Crippen molar-refractivity contribution in [1.82, 2.24) is 5.43 Å². The Hall–Kier alpha value is -0.900. The second-order valence-corrected chi connectivity index (χ2v) is 4.77. The molecule has 1 aromatic carbocycles. The molecule has 3 heteroatoms. The maximum Gasteiger partial charge on any atom is 0.0594 e. The second kappa shape index (κ2) is 5.63. The van der Waals surface area contributed by atoms with Gasteiger partial charge in [0.05, 0.1) is 12.1 Å². The van der Waals surface area contributed by atoms with Crippen LogP contribution in [0.5, 0.6) is 0 Å². The predicted octanol–water partition coefficient (Wildman–Crippen LogP) is 2.18. The van der Waals surface area contributed by atoms with Gasteiger partial charge in [0.2, 0.25) is 0 Å². The van der Waals surface area contributed by atoms with Gasteiger partial charge < -0.3 is 4.74 Å². The third-order valence-electron chi connectivity index (χ3n) is 3.79. The topological polar surface area (TPSA) is 47.3 Å². The van der Waals surface area contributed by atoms with Crippen LogP contribution in [0.1, 0.15) is 37.4 Å². The van der Waals surface area contributed by atoms with Crippen LogP contribution in [0, 0.1) is 5.92 Å². The first-order valence-electron chi connectivity index (χ1n) is 6.42. The Morgan fingerprint density at radius 2 is 2.12 bits per heavy atom. The standard InChI is InChI=1S/C14H22N2O/c1-3-11-4-6-12(7-5-11)14(16-15)13-8-9-17-10(13)2/h4-7,10,13-14,16H,3,8-9,15H2,1-2H3. The fourth-order valence-corrected chi connectivity index (χ4v) is 2.61. The molecule has 3 N–H and O–H groups in total. The molecule has 1 aromatic rings. The van der Waals surface area contributed by atoms with Crippen LogP contribution in [0.15, 0.2) is 24.3 Å². The summed E-state index contributed by atoms with van der Waals surface area (Å²) in [6.45, 7) is 5.14. The van der Waals surface area contributed by atoms with Crippen molar-refractivity contribution >= 4 is 0 Å². The van der Waals surface area contributed by atoms with Gasteiger partial charge in [-0.3, -0.25) is 11.3 Å². The summed E-state index contributed by atoms with van der Waals surface area (Å²) in [5.41, 5.74) is 5.57. The first kappa shape index (κ1) is 12.6. The Balaban J connectivity index is 2.16. The predicted molar refractivity (Wildman–Crippen MR) is 69.4 cm³/mol. The van der Waals surface area contributed by atoms with Gasteiger partial charge in [0, 0.05) is 12.5 Å². The minimum atomic E-state index is 0.193.